The number of halogens is 4. The molecule has 330 valence electrons. The summed E-state index contributed by atoms with van der Waals surface area (Å²) in [6.45, 7) is 6.53. The highest BCUT2D eigenvalue weighted by Gasteiger charge is 2.58. The van der Waals surface area contributed by atoms with Crippen molar-refractivity contribution >= 4 is 56.2 Å². The summed E-state index contributed by atoms with van der Waals surface area (Å²) in [5.41, 5.74) is -4.07. The number of nitrogens with zero attached hydrogens (tertiary/aromatic N) is 2. The van der Waals surface area contributed by atoms with Crippen LogP contribution in [0.4, 0.5) is 18.0 Å². The number of ether oxygens (including phenoxy) is 3. The predicted octanol–water partition coefficient (Wildman–Crippen LogP) is 6.35. The number of pyridine rings is 1. The zero-order chi connectivity index (χ0) is 44.0. The molecule has 2 aromatic rings. The van der Waals surface area contributed by atoms with Crippen LogP contribution < -0.4 is 24.8 Å². The summed E-state index contributed by atoms with van der Waals surface area (Å²) in [5, 5.41) is 6.94. The third kappa shape index (κ3) is 9.58. The number of rotatable bonds is 10. The van der Waals surface area contributed by atoms with Gasteiger partial charge in [0.05, 0.1) is 36.6 Å². The molecule has 60 heavy (non-hydrogen) atoms. The maximum Gasteiger partial charge on any atom is 0.427 e. The van der Waals surface area contributed by atoms with E-state index in [1.54, 1.807) is 32.0 Å². The number of allylic oxidation sites excluding steroid dienone is 1. The average Bonchev–Trinajstić information content (AvgIpc) is 4.02. The van der Waals surface area contributed by atoms with Gasteiger partial charge >= 0.3 is 12.3 Å². The van der Waals surface area contributed by atoms with E-state index >= 15 is 0 Å². The van der Waals surface area contributed by atoms with Gasteiger partial charge < -0.3 is 29.7 Å². The maximum absolute atomic E-state index is 14.9. The van der Waals surface area contributed by atoms with Crippen LogP contribution >= 0.6 is 11.6 Å². The first-order valence-electron chi connectivity index (χ1n) is 20.2. The fraction of sp³-hybridized carbons (Fsp3) is 0.634. The number of aromatic nitrogens is 1. The first kappa shape index (κ1) is 45.2. The molecule has 2 aliphatic heterocycles. The lowest BCUT2D eigenvalue weighted by atomic mass is 9.85. The van der Waals surface area contributed by atoms with Crippen molar-refractivity contribution in [2.75, 3.05) is 13.7 Å². The molecule has 6 rings (SSSR count). The maximum atomic E-state index is 14.9. The highest BCUT2D eigenvalue weighted by Crippen LogP contribution is 2.49. The molecular formula is C41H53ClF3N5O9S. The quantitative estimate of drug-likeness (QED) is 0.228. The second-order valence-corrected chi connectivity index (χ2v) is 20.1. The van der Waals surface area contributed by atoms with Crippen LogP contribution in [0.3, 0.4) is 0 Å². The van der Waals surface area contributed by atoms with Crippen LogP contribution in [-0.4, -0.2) is 96.0 Å². The number of carbonyl (C=O) groups is 4. The largest absolute Gasteiger partial charge is 0.494 e. The molecule has 4 aliphatic rings. The van der Waals surface area contributed by atoms with Gasteiger partial charge in [-0.3, -0.25) is 19.1 Å². The first-order chi connectivity index (χ1) is 28.0. The number of benzene rings is 1. The minimum absolute atomic E-state index is 0.0142. The number of hydrogen-bond donors (Lipinski definition) is 3. The van der Waals surface area contributed by atoms with Crippen molar-refractivity contribution in [2.24, 2.45) is 17.8 Å². The summed E-state index contributed by atoms with van der Waals surface area (Å²) >= 11 is 6.35. The Kier molecular flexibility index (Phi) is 12.7. The molecule has 3 fully saturated rings. The average molecular weight is 884 g/mol. The van der Waals surface area contributed by atoms with Crippen LogP contribution in [0.25, 0.3) is 10.8 Å². The van der Waals surface area contributed by atoms with Crippen molar-refractivity contribution < 1.29 is 55.0 Å². The Morgan fingerprint density at radius 2 is 1.85 bits per heavy atom. The van der Waals surface area contributed by atoms with E-state index in [9.17, 15) is 40.8 Å². The molecule has 1 aromatic carbocycles. The molecule has 1 saturated heterocycles. The molecule has 3 heterocycles. The summed E-state index contributed by atoms with van der Waals surface area (Å²) in [6, 6.07) is 2.36. The number of fused-ring (bicyclic) bond motifs is 3. The lowest BCUT2D eigenvalue weighted by Crippen LogP contribution is -2.58. The molecule has 0 spiro atoms. The van der Waals surface area contributed by atoms with Gasteiger partial charge in [-0.25, -0.2) is 18.2 Å². The highest BCUT2D eigenvalue weighted by atomic mass is 35.5. The van der Waals surface area contributed by atoms with E-state index in [4.69, 9.17) is 25.8 Å². The van der Waals surface area contributed by atoms with Crippen molar-refractivity contribution in [3.05, 3.63) is 41.6 Å². The summed E-state index contributed by atoms with van der Waals surface area (Å²) in [7, 11) is -2.49. The van der Waals surface area contributed by atoms with Crippen molar-refractivity contribution in [3.63, 3.8) is 0 Å². The summed E-state index contributed by atoms with van der Waals surface area (Å²) in [4.78, 5) is 61.9. The van der Waals surface area contributed by atoms with Crippen LogP contribution in [0.1, 0.15) is 92.4 Å². The molecule has 7 atom stereocenters. The van der Waals surface area contributed by atoms with E-state index in [-0.39, 0.29) is 37.1 Å². The summed E-state index contributed by atoms with van der Waals surface area (Å²) in [6.07, 6.45) is 0.755. The van der Waals surface area contributed by atoms with Crippen LogP contribution in [0.5, 0.6) is 11.6 Å². The minimum Gasteiger partial charge on any atom is -0.494 e. The molecule has 0 radical (unpaired) electrons. The minimum atomic E-state index is -4.91. The molecule has 2 saturated carbocycles. The van der Waals surface area contributed by atoms with Crippen molar-refractivity contribution in [2.45, 2.75) is 133 Å². The van der Waals surface area contributed by atoms with Gasteiger partial charge in [-0.2, -0.15) is 13.2 Å². The van der Waals surface area contributed by atoms with E-state index in [2.05, 4.69) is 20.3 Å². The van der Waals surface area contributed by atoms with Gasteiger partial charge in [0, 0.05) is 28.1 Å². The molecule has 7 unspecified atom stereocenters. The fourth-order valence-corrected chi connectivity index (χ4v) is 9.55. The number of alkyl carbamates (subject to hydrolysis) is 1. The lowest BCUT2D eigenvalue weighted by Gasteiger charge is -2.35. The molecule has 0 bridgehead atoms. The molecule has 19 heteroatoms. The van der Waals surface area contributed by atoms with Gasteiger partial charge in [0.15, 0.2) is 0 Å². The first-order valence-corrected chi connectivity index (χ1v) is 22.1. The monoisotopic (exact) mass is 883 g/mol. The Morgan fingerprint density at radius 3 is 2.50 bits per heavy atom. The fourth-order valence-electron chi connectivity index (χ4n) is 8.12. The van der Waals surface area contributed by atoms with Gasteiger partial charge in [0.2, 0.25) is 39.2 Å². The topological polar surface area (TPSA) is 182 Å². The summed E-state index contributed by atoms with van der Waals surface area (Å²) < 4.78 is 85.3. The molecule has 3 N–H and O–H groups in total. The third-order valence-electron chi connectivity index (χ3n) is 12.4. The van der Waals surface area contributed by atoms with E-state index in [1.165, 1.54) is 18.2 Å². The predicted molar refractivity (Wildman–Crippen MR) is 216 cm³/mol. The van der Waals surface area contributed by atoms with E-state index in [1.807, 2.05) is 19.1 Å². The molecule has 2 aliphatic carbocycles. The number of methoxy groups -OCH3 is 1. The molecular weight excluding hydrogens is 831 g/mol. The molecule has 14 nitrogen and oxygen atoms in total. The third-order valence-corrected chi connectivity index (χ3v) is 14.9. The normalized spacial score (nSPS) is 28.3. The Balaban J connectivity index is 1.36. The smallest absolute Gasteiger partial charge is 0.427 e. The van der Waals surface area contributed by atoms with Gasteiger partial charge in [-0.15, -0.1) is 0 Å². The van der Waals surface area contributed by atoms with Gasteiger partial charge in [0.1, 0.15) is 23.9 Å². The van der Waals surface area contributed by atoms with E-state index in [0.29, 0.717) is 80.3 Å². The second-order valence-electron chi connectivity index (χ2n) is 17.4. The van der Waals surface area contributed by atoms with Crippen molar-refractivity contribution in [3.8, 4) is 11.6 Å². The van der Waals surface area contributed by atoms with Gasteiger partial charge in [-0.1, -0.05) is 44.0 Å². The number of nitrogens with one attached hydrogen (secondary N) is 3. The SMILES string of the molecule is CCC1CC(C)CCC=CC2CC2(CC(=O)NS(=O)(=O)C2(C)CC2)NC(=O)C2CC(Oc3ncc(OC)c4ccc(Cl)cc34)CN2C(=O)C1NC(=O)OC(C)(C)C(F)(F)F. The number of alkyl halides is 3. The number of sulfonamides is 1. The van der Waals surface area contributed by atoms with E-state index < -0.39 is 80.0 Å². The van der Waals surface area contributed by atoms with Crippen LogP contribution in [0, 0.1) is 17.8 Å². The van der Waals surface area contributed by atoms with Gasteiger partial charge in [0.25, 0.3) is 0 Å². The van der Waals surface area contributed by atoms with Crippen LogP contribution in [-0.2, 0) is 29.1 Å². The molecule has 4 amide bonds. The zero-order valence-corrected chi connectivity index (χ0v) is 36.1. The Labute approximate surface area is 352 Å². The Hall–Kier alpha value is -4.32. The second kappa shape index (κ2) is 16.9. The highest BCUT2D eigenvalue weighted by molar-refractivity contribution is 7.91. The van der Waals surface area contributed by atoms with Crippen LogP contribution in [0.2, 0.25) is 5.02 Å². The van der Waals surface area contributed by atoms with Crippen molar-refractivity contribution in [1.29, 1.82) is 0 Å². The summed E-state index contributed by atoms with van der Waals surface area (Å²) in [5.74, 6) is -2.53. The zero-order valence-electron chi connectivity index (χ0n) is 34.5. The lowest BCUT2D eigenvalue weighted by molar-refractivity contribution is -0.244. The van der Waals surface area contributed by atoms with Crippen molar-refractivity contribution in [1.82, 2.24) is 25.2 Å². The number of carbonyl (C=O) groups excluding carboxylic acids is 4. The Morgan fingerprint density at radius 1 is 1.13 bits per heavy atom. The number of amides is 4. The van der Waals surface area contributed by atoms with E-state index in [0.717, 1.165) is 0 Å². The number of hydrogen-bond acceptors (Lipinski definition) is 10. The van der Waals surface area contributed by atoms with Gasteiger partial charge in [-0.05, 0) is 89.3 Å². The Bertz CT molecular complexity index is 2150. The van der Waals surface area contributed by atoms with Crippen LogP contribution in [0.15, 0.2) is 36.5 Å². The standard InChI is InChI=1S/C41H53ClF3N5O9S/c1-7-24-16-23(2)10-8-9-11-25-19-40(25,20-32(51)49-60(55,56)39(5)14-15-39)48-34(52)30-18-27(58-35-29-17-26(42)12-13-28(29)31(57-6)21-46-35)22-50(30)36(53)33(24)47-37(54)59-38(3,4)41(43,44)45/h9,11-13,17,21,23-25,27,30,33H,7-8,10,14-16,18-20,22H2,1-6H3,(H,47,54)(H,48,52)(H,49,51). The molecule has 1 aromatic heterocycles.